The first-order valence-electron chi connectivity index (χ1n) is 3.79. The second kappa shape index (κ2) is 4.23. The smallest absolute Gasteiger partial charge is 0.165 e. The molecule has 0 aliphatic rings. The molecular weight excluding hydrogens is 156 g/mol. The van der Waals surface area contributed by atoms with E-state index in [-0.39, 0.29) is 0 Å². The molecule has 0 atom stereocenters. The highest BCUT2D eigenvalue weighted by molar-refractivity contribution is 7.05. The van der Waals surface area contributed by atoms with Crippen LogP contribution >= 0.6 is 11.5 Å². The lowest BCUT2D eigenvalue weighted by Crippen LogP contribution is -1.73. The van der Waals surface area contributed by atoms with Crippen LogP contribution in [0.2, 0.25) is 0 Å². The maximum atomic E-state index is 4.20. The molecule has 2 nitrogen and oxygen atoms in total. The summed E-state index contributed by atoms with van der Waals surface area (Å²) in [5.41, 5.74) is 0. The van der Waals surface area contributed by atoms with Crippen molar-refractivity contribution in [1.82, 2.24) is 9.36 Å². The number of allylic oxidation sites excluding steroid dienone is 1. The Morgan fingerprint density at radius 2 is 2.36 bits per heavy atom. The maximum Gasteiger partial charge on any atom is 0.165 e. The van der Waals surface area contributed by atoms with E-state index in [1.165, 1.54) is 18.0 Å². The second-order valence-electron chi connectivity index (χ2n) is 2.36. The lowest BCUT2D eigenvalue weighted by molar-refractivity contribution is 0.961. The average molecular weight is 168 g/mol. The topological polar surface area (TPSA) is 25.8 Å². The Bertz CT molecular complexity index is 240. The molecule has 0 spiro atoms. The summed E-state index contributed by atoms with van der Waals surface area (Å²) < 4.78 is 4.13. The van der Waals surface area contributed by atoms with Gasteiger partial charge in [0.1, 0.15) is 5.01 Å². The van der Waals surface area contributed by atoms with Crippen molar-refractivity contribution in [2.45, 2.75) is 26.7 Å². The lowest BCUT2D eigenvalue weighted by atomic mass is 10.3. The van der Waals surface area contributed by atoms with Gasteiger partial charge in [0.2, 0.25) is 0 Å². The van der Waals surface area contributed by atoms with Crippen molar-refractivity contribution in [3.8, 4) is 0 Å². The van der Waals surface area contributed by atoms with E-state index in [4.69, 9.17) is 0 Å². The summed E-state index contributed by atoms with van der Waals surface area (Å²) in [4.78, 5) is 4.20. The maximum absolute atomic E-state index is 4.20. The predicted octanol–water partition coefficient (Wildman–Crippen LogP) is 2.66. The Morgan fingerprint density at radius 1 is 1.55 bits per heavy atom. The van der Waals surface area contributed by atoms with E-state index in [1.807, 2.05) is 13.0 Å². The minimum absolute atomic E-state index is 0.848. The van der Waals surface area contributed by atoms with E-state index >= 15 is 0 Å². The summed E-state index contributed by atoms with van der Waals surface area (Å²) in [6.45, 7) is 4.12. The third kappa shape index (κ3) is 2.80. The molecule has 1 rings (SSSR count). The van der Waals surface area contributed by atoms with Gasteiger partial charge in [-0.1, -0.05) is 19.4 Å². The number of rotatable bonds is 3. The number of aromatic nitrogens is 2. The van der Waals surface area contributed by atoms with Crippen LogP contribution in [0.1, 0.15) is 30.6 Å². The SMILES string of the molecule is CCC/C=C/c1nsc(C)n1. The molecule has 3 heteroatoms. The summed E-state index contributed by atoms with van der Waals surface area (Å²) in [6.07, 6.45) is 6.38. The molecular formula is C8H12N2S. The molecule has 0 unspecified atom stereocenters. The van der Waals surface area contributed by atoms with E-state index in [9.17, 15) is 0 Å². The van der Waals surface area contributed by atoms with E-state index in [0.29, 0.717) is 0 Å². The van der Waals surface area contributed by atoms with Crippen LogP contribution in [0.5, 0.6) is 0 Å². The minimum atomic E-state index is 0.848. The van der Waals surface area contributed by atoms with Crippen molar-refractivity contribution in [2.75, 3.05) is 0 Å². The fourth-order valence-electron chi connectivity index (χ4n) is 0.738. The van der Waals surface area contributed by atoms with Crippen LogP contribution in [-0.4, -0.2) is 9.36 Å². The molecule has 0 aliphatic carbocycles. The van der Waals surface area contributed by atoms with Gasteiger partial charge in [0.25, 0.3) is 0 Å². The quantitative estimate of drug-likeness (QED) is 0.693. The van der Waals surface area contributed by atoms with E-state index in [0.717, 1.165) is 17.3 Å². The van der Waals surface area contributed by atoms with Gasteiger partial charge >= 0.3 is 0 Å². The molecule has 1 aromatic rings. The Hall–Kier alpha value is -0.700. The molecule has 0 amide bonds. The van der Waals surface area contributed by atoms with Crippen LogP contribution in [0.3, 0.4) is 0 Å². The fraction of sp³-hybridized carbons (Fsp3) is 0.500. The average Bonchev–Trinajstić information content (AvgIpc) is 2.37. The third-order valence-electron chi connectivity index (χ3n) is 1.27. The van der Waals surface area contributed by atoms with E-state index in [1.54, 1.807) is 0 Å². The molecule has 0 N–H and O–H groups in total. The van der Waals surface area contributed by atoms with Crippen molar-refractivity contribution in [2.24, 2.45) is 0 Å². The summed E-state index contributed by atoms with van der Waals surface area (Å²) in [5.74, 6) is 0.848. The summed E-state index contributed by atoms with van der Waals surface area (Å²) in [5, 5.41) is 1.03. The number of hydrogen-bond acceptors (Lipinski definition) is 3. The molecule has 11 heavy (non-hydrogen) atoms. The zero-order valence-corrected chi connectivity index (χ0v) is 7.69. The Labute approximate surface area is 71.2 Å². The molecule has 0 aromatic carbocycles. The highest BCUT2D eigenvalue weighted by Gasteiger charge is 1.92. The number of unbranched alkanes of at least 4 members (excludes halogenated alkanes) is 1. The second-order valence-corrected chi connectivity index (χ2v) is 3.32. The van der Waals surface area contributed by atoms with Crippen LogP contribution < -0.4 is 0 Å². The van der Waals surface area contributed by atoms with Crippen molar-refractivity contribution in [1.29, 1.82) is 0 Å². The van der Waals surface area contributed by atoms with Gasteiger partial charge in [0.15, 0.2) is 5.82 Å². The van der Waals surface area contributed by atoms with Crippen molar-refractivity contribution >= 4 is 17.6 Å². The monoisotopic (exact) mass is 168 g/mol. The van der Waals surface area contributed by atoms with Crippen LogP contribution in [-0.2, 0) is 0 Å². The van der Waals surface area contributed by atoms with Gasteiger partial charge in [0.05, 0.1) is 0 Å². The van der Waals surface area contributed by atoms with Gasteiger partial charge in [-0.3, -0.25) is 0 Å². The van der Waals surface area contributed by atoms with Gasteiger partial charge in [-0.15, -0.1) is 0 Å². The fourth-order valence-corrected chi connectivity index (χ4v) is 1.20. The highest BCUT2D eigenvalue weighted by atomic mass is 32.1. The molecule has 0 fully saturated rings. The third-order valence-corrected chi connectivity index (χ3v) is 1.90. The first kappa shape index (κ1) is 8.40. The van der Waals surface area contributed by atoms with Gasteiger partial charge in [0, 0.05) is 0 Å². The van der Waals surface area contributed by atoms with Gasteiger partial charge in [-0.2, -0.15) is 4.37 Å². The van der Waals surface area contributed by atoms with Crippen molar-refractivity contribution in [3.05, 3.63) is 16.9 Å². The number of nitrogens with zero attached hydrogens (tertiary/aromatic N) is 2. The van der Waals surface area contributed by atoms with E-state index < -0.39 is 0 Å². The Morgan fingerprint density at radius 3 is 2.91 bits per heavy atom. The summed E-state index contributed by atoms with van der Waals surface area (Å²) in [6, 6.07) is 0. The molecule has 0 saturated carbocycles. The molecule has 0 saturated heterocycles. The summed E-state index contributed by atoms with van der Waals surface area (Å²) >= 11 is 1.45. The molecule has 0 aliphatic heterocycles. The number of aryl methyl sites for hydroxylation is 1. The molecule has 0 bridgehead atoms. The van der Waals surface area contributed by atoms with Crippen LogP contribution in [0.15, 0.2) is 6.08 Å². The van der Waals surface area contributed by atoms with Gasteiger partial charge in [-0.05, 0) is 31.0 Å². The minimum Gasteiger partial charge on any atom is -0.221 e. The molecule has 1 heterocycles. The summed E-state index contributed by atoms with van der Waals surface area (Å²) in [7, 11) is 0. The largest absolute Gasteiger partial charge is 0.221 e. The Balaban J connectivity index is 2.50. The first-order valence-corrected chi connectivity index (χ1v) is 4.57. The van der Waals surface area contributed by atoms with Crippen molar-refractivity contribution in [3.63, 3.8) is 0 Å². The normalized spacial score (nSPS) is 11.1. The predicted molar refractivity (Wildman–Crippen MR) is 48.6 cm³/mol. The van der Waals surface area contributed by atoms with E-state index in [2.05, 4.69) is 22.4 Å². The first-order chi connectivity index (χ1) is 5.33. The van der Waals surface area contributed by atoms with Gasteiger partial charge < -0.3 is 0 Å². The van der Waals surface area contributed by atoms with Gasteiger partial charge in [-0.25, -0.2) is 4.98 Å². The Kier molecular flexibility index (Phi) is 3.23. The molecule has 60 valence electrons. The number of hydrogen-bond donors (Lipinski definition) is 0. The molecule has 1 aromatic heterocycles. The molecule has 0 radical (unpaired) electrons. The highest BCUT2D eigenvalue weighted by Crippen LogP contribution is 2.04. The zero-order valence-electron chi connectivity index (χ0n) is 6.87. The van der Waals surface area contributed by atoms with Crippen LogP contribution in [0.4, 0.5) is 0 Å². The lowest BCUT2D eigenvalue weighted by Gasteiger charge is -1.81. The van der Waals surface area contributed by atoms with Crippen molar-refractivity contribution < 1.29 is 0 Å². The standard InChI is InChI=1S/C8H12N2S/c1-3-4-5-6-8-9-7(2)11-10-8/h5-6H,3-4H2,1-2H3/b6-5+. The van der Waals surface area contributed by atoms with Crippen LogP contribution in [0.25, 0.3) is 6.08 Å². The zero-order chi connectivity index (χ0) is 8.10. The van der Waals surface area contributed by atoms with Crippen LogP contribution in [0, 0.1) is 6.92 Å².